The van der Waals surface area contributed by atoms with Crippen molar-refractivity contribution in [2.75, 3.05) is 13.2 Å². The number of rotatable bonds is 2. The summed E-state index contributed by atoms with van der Waals surface area (Å²) in [7, 11) is 0. The lowest BCUT2D eigenvalue weighted by molar-refractivity contribution is 0.316. The van der Waals surface area contributed by atoms with E-state index in [0.29, 0.717) is 5.92 Å². The maximum Gasteiger partial charge on any atom is 0.122 e. The van der Waals surface area contributed by atoms with Crippen LogP contribution >= 0.6 is 11.6 Å². The minimum atomic E-state index is 0.506. The van der Waals surface area contributed by atoms with Gasteiger partial charge in [-0.15, -0.1) is 0 Å². The molecule has 0 saturated carbocycles. The lowest BCUT2D eigenvalue weighted by atomic mass is 9.91. The quantitative estimate of drug-likeness (QED) is 0.840. The smallest absolute Gasteiger partial charge is 0.122 e. The summed E-state index contributed by atoms with van der Waals surface area (Å²) < 4.78 is 5.68. The Labute approximate surface area is 95.4 Å². The lowest BCUT2D eigenvalue weighted by Crippen LogP contribution is -2.07. The van der Waals surface area contributed by atoms with Gasteiger partial charge in [0.1, 0.15) is 5.75 Å². The Morgan fingerprint density at radius 2 is 2.33 bits per heavy atom. The molecule has 1 aliphatic heterocycles. The first-order chi connectivity index (χ1) is 7.31. The van der Waals surface area contributed by atoms with Gasteiger partial charge in [0, 0.05) is 5.02 Å². The molecule has 2 rings (SSSR count). The number of halogens is 1. The number of ether oxygens (including phenoxy) is 1. The minimum Gasteiger partial charge on any atom is -0.493 e. The molecule has 0 bridgehead atoms. The van der Waals surface area contributed by atoms with Crippen molar-refractivity contribution in [2.45, 2.75) is 25.2 Å². The van der Waals surface area contributed by atoms with Gasteiger partial charge < -0.3 is 10.5 Å². The number of hydrogen-bond acceptors (Lipinski definition) is 2. The zero-order chi connectivity index (χ0) is 10.7. The van der Waals surface area contributed by atoms with E-state index in [-0.39, 0.29) is 0 Å². The van der Waals surface area contributed by atoms with Crippen molar-refractivity contribution < 1.29 is 4.74 Å². The molecule has 0 aromatic heterocycles. The van der Waals surface area contributed by atoms with E-state index in [1.807, 2.05) is 18.2 Å². The molecule has 2 N–H and O–H groups in total. The van der Waals surface area contributed by atoms with E-state index in [2.05, 4.69) is 0 Å². The van der Waals surface area contributed by atoms with E-state index in [4.69, 9.17) is 22.1 Å². The second kappa shape index (κ2) is 4.86. The van der Waals surface area contributed by atoms with Gasteiger partial charge in [-0.1, -0.05) is 11.6 Å². The Bertz CT molecular complexity index is 340. The minimum absolute atomic E-state index is 0.506. The molecule has 1 atom stereocenters. The number of nitrogens with two attached hydrogens (primary N) is 1. The summed E-state index contributed by atoms with van der Waals surface area (Å²) in [6.45, 7) is 1.52. The first-order valence-corrected chi connectivity index (χ1v) is 5.81. The van der Waals surface area contributed by atoms with Gasteiger partial charge >= 0.3 is 0 Å². The molecular formula is C12H16ClNO. The van der Waals surface area contributed by atoms with Gasteiger partial charge in [0.25, 0.3) is 0 Å². The average Bonchev–Trinajstić information content (AvgIpc) is 2.42. The summed E-state index contributed by atoms with van der Waals surface area (Å²) in [6, 6.07) is 5.86. The van der Waals surface area contributed by atoms with Gasteiger partial charge in [0.05, 0.1) is 6.61 Å². The molecule has 0 spiro atoms. The highest BCUT2D eigenvalue weighted by atomic mass is 35.5. The Kier molecular flexibility index (Phi) is 3.49. The molecule has 0 amide bonds. The second-order valence-corrected chi connectivity index (χ2v) is 4.38. The van der Waals surface area contributed by atoms with Gasteiger partial charge in [0.15, 0.2) is 0 Å². The maximum atomic E-state index is 6.01. The van der Waals surface area contributed by atoms with Crippen LogP contribution in [0.15, 0.2) is 18.2 Å². The van der Waals surface area contributed by atoms with Gasteiger partial charge in [-0.05, 0) is 55.5 Å². The fraction of sp³-hybridized carbons (Fsp3) is 0.500. The average molecular weight is 226 g/mol. The van der Waals surface area contributed by atoms with Crippen LogP contribution in [0.5, 0.6) is 5.75 Å². The van der Waals surface area contributed by atoms with E-state index in [1.165, 1.54) is 5.56 Å². The first-order valence-electron chi connectivity index (χ1n) is 5.43. The third kappa shape index (κ3) is 2.44. The zero-order valence-electron chi connectivity index (χ0n) is 8.71. The molecule has 0 aliphatic carbocycles. The van der Waals surface area contributed by atoms with Gasteiger partial charge in [-0.25, -0.2) is 0 Å². The molecule has 1 aromatic rings. The van der Waals surface area contributed by atoms with Gasteiger partial charge in [-0.3, -0.25) is 0 Å². The topological polar surface area (TPSA) is 35.2 Å². The highest BCUT2D eigenvalue weighted by Crippen LogP contribution is 2.36. The molecule has 3 heteroatoms. The normalized spacial score (nSPS) is 20.3. The molecular weight excluding hydrogens is 210 g/mol. The van der Waals surface area contributed by atoms with Gasteiger partial charge in [-0.2, -0.15) is 0 Å². The predicted octanol–water partition coefficient (Wildman–Crippen LogP) is 2.95. The van der Waals surface area contributed by atoms with Crippen LogP contribution < -0.4 is 10.5 Å². The largest absolute Gasteiger partial charge is 0.493 e. The highest BCUT2D eigenvalue weighted by Gasteiger charge is 2.19. The highest BCUT2D eigenvalue weighted by molar-refractivity contribution is 6.30. The molecule has 0 fully saturated rings. The third-order valence-electron chi connectivity index (χ3n) is 2.88. The van der Waals surface area contributed by atoms with Crippen molar-refractivity contribution in [3.8, 4) is 5.75 Å². The van der Waals surface area contributed by atoms with Crippen LogP contribution in [0.1, 0.15) is 30.7 Å². The van der Waals surface area contributed by atoms with Crippen LogP contribution in [-0.2, 0) is 0 Å². The monoisotopic (exact) mass is 225 g/mol. The summed E-state index contributed by atoms with van der Waals surface area (Å²) in [5.74, 6) is 1.49. The first kappa shape index (κ1) is 10.8. The molecule has 1 unspecified atom stereocenters. The van der Waals surface area contributed by atoms with Crippen molar-refractivity contribution in [3.63, 3.8) is 0 Å². The van der Waals surface area contributed by atoms with Crippen LogP contribution in [0, 0.1) is 0 Å². The molecule has 82 valence electrons. The summed E-state index contributed by atoms with van der Waals surface area (Å²) in [6.07, 6.45) is 3.25. The summed E-state index contributed by atoms with van der Waals surface area (Å²) in [5.41, 5.74) is 6.86. The van der Waals surface area contributed by atoms with E-state index in [0.717, 1.165) is 43.2 Å². The van der Waals surface area contributed by atoms with Crippen molar-refractivity contribution in [2.24, 2.45) is 5.73 Å². The van der Waals surface area contributed by atoms with Crippen LogP contribution in [0.2, 0.25) is 5.02 Å². The molecule has 1 aliphatic rings. The Morgan fingerprint density at radius 3 is 3.13 bits per heavy atom. The standard InChI is InChI=1S/C12H16ClNO/c13-10-3-4-12-11(8-10)9(5-6-14)2-1-7-15-12/h3-4,8-9H,1-2,5-7,14H2. The molecule has 0 saturated heterocycles. The Morgan fingerprint density at radius 1 is 1.47 bits per heavy atom. The summed E-state index contributed by atoms with van der Waals surface area (Å²) in [5, 5.41) is 0.779. The number of fused-ring (bicyclic) bond motifs is 1. The van der Waals surface area contributed by atoms with E-state index < -0.39 is 0 Å². The molecule has 1 aromatic carbocycles. The number of hydrogen-bond donors (Lipinski definition) is 1. The van der Waals surface area contributed by atoms with Crippen LogP contribution in [0.4, 0.5) is 0 Å². The third-order valence-corrected chi connectivity index (χ3v) is 3.12. The zero-order valence-corrected chi connectivity index (χ0v) is 9.46. The van der Waals surface area contributed by atoms with Gasteiger partial charge in [0.2, 0.25) is 0 Å². The van der Waals surface area contributed by atoms with Crippen molar-refractivity contribution in [3.05, 3.63) is 28.8 Å². The fourth-order valence-electron chi connectivity index (χ4n) is 2.14. The molecule has 15 heavy (non-hydrogen) atoms. The summed E-state index contributed by atoms with van der Waals surface area (Å²) in [4.78, 5) is 0. The molecule has 0 radical (unpaired) electrons. The van der Waals surface area contributed by atoms with E-state index >= 15 is 0 Å². The van der Waals surface area contributed by atoms with Crippen LogP contribution in [0.3, 0.4) is 0 Å². The lowest BCUT2D eigenvalue weighted by Gasteiger charge is -2.15. The predicted molar refractivity (Wildman–Crippen MR) is 62.6 cm³/mol. The van der Waals surface area contributed by atoms with Crippen molar-refractivity contribution in [1.29, 1.82) is 0 Å². The molecule has 1 heterocycles. The van der Waals surface area contributed by atoms with E-state index in [9.17, 15) is 0 Å². The molecule has 2 nitrogen and oxygen atoms in total. The van der Waals surface area contributed by atoms with Crippen molar-refractivity contribution in [1.82, 2.24) is 0 Å². The Balaban J connectivity index is 2.33. The summed E-state index contributed by atoms with van der Waals surface area (Å²) >= 11 is 6.01. The second-order valence-electron chi connectivity index (χ2n) is 3.95. The van der Waals surface area contributed by atoms with Crippen molar-refractivity contribution >= 4 is 11.6 Å². The Hall–Kier alpha value is -0.730. The van der Waals surface area contributed by atoms with E-state index in [1.54, 1.807) is 0 Å². The van der Waals surface area contributed by atoms with Crippen LogP contribution in [-0.4, -0.2) is 13.2 Å². The SMILES string of the molecule is NCCC1CCCOc2ccc(Cl)cc21. The number of benzene rings is 1. The fourth-order valence-corrected chi connectivity index (χ4v) is 2.32. The maximum absolute atomic E-state index is 6.01. The van der Waals surface area contributed by atoms with Crippen LogP contribution in [0.25, 0.3) is 0 Å².